The van der Waals surface area contributed by atoms with Crippen molar-refractivity contribution < 1.29 is 4.79 Å². The van der Waals surface area contributed by atoms with Crippen LogP contribution in [0.2, 0.25) is 0 Å². The summed E-state index contributed by atoms with van der Waals surface area (Å²) < 4.78 is 2.17. The van der Waals surface area contributed by atoms with E-state index in [4.69, 9.17) is 0 Å². The van der Waals surface area contributed by atoms with Gasteiger partial charge in [-0.05, 0) is 36.6 Å². The average molecular weight is 305 g/mol. The molecule has 1 fully saturated rings. The number of benzene rings is 1. The Morgan fingerprint density at radius 2 is 2.09 bits per heavy atom. The summed E-state index contributed by atoms with van der Waals surface area (Å²) in [6, 6.07) is 12.0. The van der Waals surface area contributed by atoms with Crippen LogP contribution in [-0.2, 0) is 12.5 Å². The number of hydrogen-bond donors (Lipinski definition) is 1. The number of nitrogens with zero attached hydrogens (tertiary/aromatic N) is 2. The molecule has 0 spiro atoms. The number of para-hydroxylation sites is 1. The minimum absolute atomic E-state index is 0.0513. The third-order valence-corrected chi connectivity index (χ3v) is 4.83. The Kier molecular flexibility index (Phi) is 3.18. The second-order valence-corrected chi connectivity index (χ2v) is 6.38. The van der Waals surface area contributed by atoms with E-state index >= 15 is 0 Å². The van der Waals surface area contributed by atoms with Gasteiger partial charge in [0.25, 0.3) is 5.91 Å². The summed E-state index contributed by atoms with van der Waals surface area (Å²) in [4.78, 5) is 16.3. The van der Waals surface area contributed by atoms with Crippen LogP contribution in [0, 0.1) is 0 Å². The van der Waals surface area contributed by atoms with Crippen LogP contribution in [0.25, 0.3) is 10.9 Å². The number of fused-ring (bicyclic) bond motifs is 1. The van der Waals surface area contributed by atoms with E-state index in [1.807, 2.05) is 0 Å². The van der Waals surface area contributed by atoms with Crippen molar-refractivity contribution in [1.29, 1.82) is 0 Å². The molecule has 4 nitrogen and oxygen atoms in total. The largest absolute Gasteiger partial charge is 0.351 e. The minimum Gasteiger partial charge on any atom is -0.351 e. The van der Waals surface area contributed by atoms with E-state index in [0.29, 0.717) is 12.1 Å². The van der Waals surface area contributed by atoms with Gasteiger partial charge in [0.1, 0.15) is 0 Å². The molecule has 116 valence electrons. The van der Waals surface area contributed by atoms with Crippen LogP contribution in [-0.4, -0.2) is 22.0 Å². The van der Waals surface area contributed by atoms with Crippen molar-refractivity contribution in [1.82, 2.24) is 14.9 Å². The van der Waals surface area contributed by atoms with Gasteiger partial charge < -0.3 is 9.88 Å². The van der Waals surface area contributed by atoms with Crippen molar-refractivity contribution >= 4 is 16.8 Å². The summed E-state index contributed by atoms with van der Waals surface area (Å²) in [7, 11) is 2.08. The number of aryl methyl sites for hydroxylation is 1. The molecule has 2 heterocycles. The lowest BCUT2D eigenvalue weighted by atomic mass is 9.95. The second kappa shape index (κ2) is 5.23. The van der Waals surface area contributed by atoms with E-state index in [9.17, 15) is 4.79 Å². The van der Waals surface area contributed by atoms with Crippen LogP contribution in [0.4, 0.5) is 0 Å². The maximum Gasteiger partial charge on any atom is 0.252 e. The number of nitrogens with one attached hydrogen (secondary N) is 1. The highest BCUT2D eigenvalue weighted by Crippen LogP contribution is 2.50. The number of pyridine rings is 1. The molecule has 1 amide bonds. The van der Waals surface area contributed by atoms with Gasteiger partial charge in [-0.3, -0.25) is 9.78 Å². The van der Waals surface area contributed by atoms with E-state index in [0.717, 1.165) is 12.8 Å². The maximum absolute atomic E-state index is 12.3. The average Bonchev–Trinajstić information content (AvgIpc) is 3.32. The molecule has 23 heavy (non-hydrogen) atoms. The summed E-state index contributed by atoms with van der Waals surface area (Å²) in [6.07, 6.45) is 7.73. The van der Waals surface area contributed by atoms with Crippen molar-refractivity contribution in [2.45, 2.75) is 18.3 Å². The van der Waals surface area contributed by atoms with E-state index in [2.05, 4.69) is 52.4 Å². The first-order valence-corrected chi connectivity index (χ1v) is 7.92. The van der Waals surface area contributed by atoms with Crippen molar-refractivity contribution in [3.05, 3.63) is 66.1 Å². The Labute approximate surface area is 135 Å². The van der Waals surface area contributed by atoms with Gasteiger partial charge in [0.05, 0.1) is 5.56 Å². The van der Waals surface area contributed by atoms with Gasteiger partial charge in [0, 0.05) is 48.5 Å². The molecular formula is C19H19N3O. The summed E-state index contributed by atoms with van der Waals surface area (Å²) in [5.74, 6) is -0.0513. The summed E-state index contributed by atoms with van der Waals surface area (Å²) in [5.41, 5.74) is 3.29. The lowest BCUT2D eigenvalue weighted by Crippen LogP contribution is -2.32. The maximum atomic E-state index is 12.3. The lowest BCUT2D eigenvalue weighted by molar-refractivity contribution is 0.0949. The summed E-state index contributed by atoms with van der Waals surface area (Å²) in [5, 5.41) is 4.38. The highest BCUT2D eigenvalue weighted by atomic mass is 16.1. The van der Waals surface area contributed by atoms with Crippen LogP contribution < -0.4 is 5.32 Å². The van der Waals surface area contributed by atoms with E-state index in [1.54, 1.807) is 24.5 Å². The topological polar surface area (TPSA) is 46.9 Å². The quantitative estimate of drug-likeness (QED) is 0.805. The zero-order valence-electron chi connectivity index (χ0n) is 13.1. The first-order chi connectivity index (χ1) is 11.2. The van der Waals surface area contributed by atoms with Gasteiger partial charge in [-0.2, -0.15) is 0 Å². The molecule has 0 aliphatic heterocycles. The van der Waals surface area contributed by atoms with Crippen LogP contribution in [0.15, 0.2) is 55.0 Å². The highest BCUT2D eigenvalue weighted by molar-refractivity contribution is 5.94. The SMILES string of the molecule is Cn1cc(C2(CNC(=O)c3cccnc3)CC2)c2ccccc21. The summed E-state index contributed by atoms with van der Waals surface area (Å²) >= 11 is 0. The molecule has 4 rings (SSSR count). The second-order valence-electron chi connectivity index (χ2n) is 6.38. The predicted octanol–water partition coefficient (Wildman–Crippen LogP) is 3.03. The zero-order chi connectivity index (χ0) is 15.9. The van der Waals surface area contributed by atoms with Crippen molar-refractivity contribution in [3.63, 3.8) is 0 Å². The molecule has 1 aliphatic rings. The molecule has 3 aromatic rings. The standard InChI is InChI=1S/C19H19N3O/c1-22-12-16(15-6-2-3-7-17(15)22)19(8-9-19)13-21-18(23)14-5-4-10-20-11-14/h2-7,10-12H,8-9,13H2,1H3,(H,21,23). The smallest absolute Gasteiger partial charge is 0.252 e. The number of aromatic nitrogens is 2. The summed E-state index contributed by atoms with van der Waals surface area (Å²) in [6.45, 7) is 0.675. The molecule has 0 radical (unpaired) electrons. The highest BCUT2D eigenvalue weighted by Gasteiger charge is 2.46. The molecule has 1 aliphatic carbocycles. The fourth-order valence-corrected chi connectivity index (χ4v) is 3.31. The van der Waals surface area contributed by atoms with Crippen LogP contribution >= 0.6 is 0 Å². The number of hydrogen-bond acceptors (Lipinski definition) is 2. The van der Waals surface area contributed by atoms with Gasteiger partial charge in [0.2, 0.25) is 0 Å². The van der Waals surface area contributed by atoms with E-state index in [1.165, 1.54) is 16.5 Å². The molecular weight excluding hydrogens is 286 g/mol. The molecule has 0 saturated heterocycles. The van der Waals surface area contributed by atoms with Crippen LogP contribution in [0.1, 0.15) is 28.8 Å². The van der Waals surface area contributed by atoms with Crippen molar-refractivity contribution in [2.75, 3.05) is 6.54 Å². The molecule has 0 atom stereocenters. The Balaban J connectivity index is 1.58. The molecule has 4 heteroatoms. The molecule has 1 N–H and O–H groups in total. The fourth-order valence-electron chi connectivity index (χ4n) is 3.31. The Morgan fingerprint density at radius 1 is 1.26 bits per heavy atom. The van der Waals surface area contributed by atoms with Gasteiger partial charge in [0.15, 0.2) is 0 Å². The van der Waals surface area contributed by atoms with Crippen molar-refractivity contribution in [2.24, 2.45) is 7.05 Å². The van der Waals surface area contributed by atoms with E-state index in [-0.39, 0.29) is 11.3 Å². The van der Waals surface area contributed by atoms with Gasteiger partial charge in [-0.1, -0.05) is 18.2 Å². The molecule has 1 aromatic carbocycles. The third-order valence-electron chi connectivity index (χ3n) is 4.83. The molecule has 0 unspecified atom stereocenters. The van der Waals surface area contributed by atoms with Crippen molar-refractivity contribution in [3.8, 4) is 0 Å². The normalized spacial score (nSPS) is 15.5. The fraction of sp³-hybridized carbons (Fsp3) is 0.263. The van der Waals surface area contributed by atoms with Gasteiger partial charge >= 0.3 is 0 Å². The Hall–Kier alpha value is -2.62. The minimum atomic E-state index is -0.0513. The Morgan fingerprint density at radius 3 is 2.83 bits per heavy atom. The van der Waals surface area contributed by atoms with Crippen LogP contribution in [0.5, 0.6) is 0 Å². The predicted molar refractivity (Wildman–Crippen MR) is 90.4 cm³/mol. The third kappa shape index (κ3) is 2.40. The first kappa shape index (κ1) is 14.0. The van der Waals surface area contributed by atoms with Gasteiger partial charge in [-0.15, -0.1) is 0 Å². The zero-order valence-corrected chi connectivity index (χ0v) is 13.1. The number of carbonyl (C=O) groups excluding carboxylic acids is 1. The van der Waals surface area contributed by atoms with E-state index < -0.39 is 0 Å². The first-order valence-electron chi connectivity index (χ1n) is 7.92. The number of carbonyl (C=O) groups is 1. The molecule has 2 aromatic heterocycles. The lowest BCUT2D eigenvalue weighted by Gasteiger charge is -2.15. The van der Waals surface area contributed by atoms with Gasteiger partial charge in [-0.25, -0.2) is 0 Å². The molecule has 1 saturated carbocycles. The number of rotatable bonds is 4. The number of amides is 1. The van der Waals surface area contributed by atoms with Crippen LogP contribution in [0.3, 0.4) is 0 Å². The molecule has 0 bridgehead atoms. The Bertz CT molecular complexity index is 863. The monoisotopic (exact) mass is 305 g/mol.